The molecule has 0 aliphatic carbocycles. The van der Waals surface area contributed by atoms with Crippen LogP contribution in [0.2, 0.25) is 0 Å². The van der Waals surface area contributed by atoms with Crippen molar-refractivity contribution in [3.05, 3.63) is 59.0 Å². The number of fused-ring (bicyclic) bond motifs is 1. The molecule has 1 amide bonds. The number of aromatic hydroxyl groups is 1. The van der Waals surface area contributed by atoms with Crippen molar-refractivity contribution in [2.75, 3.05) is 6.54 Å². The molecule has 3 aromatic rings. The monoisotopic (exact) mass is 434 g/mol. The number of hydrogen-bond acceptors (Lipinski definition) is 4. The Bertz CT molecular complexity index is 1120. The average Bonchev–Trinajstić information content (AvgIpc) is 2.97. The Morgan fingerprint density at radius 1 is 1.19 bits per heavy atom. The van der Waals surface area contributed by atoms with Gasteiger partial charge in [-0.2, -0.15) is 8.78 Å². The molecule has 9 heteroatoms. The van der Waals surface area contributed by atoms with E-state index in [0.29, 0.717) is 23.2 Å². The van der Waals surface area contributed by atoms with Gasteiger partial charge in [-0.25, -0.2) is 4.39 Å². The first-order valence-corrected chi connectivity index (χ1v) is 9.61. The molecule has 2 aromatic carbocycles. The minimum atomic E-state index is -2.99. The molecular weight excluding hydrogens is 413 g/mol. The van der Waals surface area contributed by atoms with E-state index < -0.39 is 24.1 Å². The van der Waals surface area contributed by atoms with E-state index in [0.717, 1.165) is 12.5 Å². The molecule has 0 atom stereocenters. The van der Waals surface area contributed by atoms with Gasteiger partial charge in [0.25, 0.3) is 5.91 Å². The zero-order valence-electron chi connectivity index (χ0n) is 16.9. The van der Waals surface area contributed by atoms with Gasteiger partial charge >= 0.3 is 6.61 Å². The first-order valence-electron chi connectivity index (χ1n) is 9.61. The third-order valence-electron chi connectivity index (χ3n) is 4.84. The lowest BCUT2D eigenvalue weighted by atomic mass is 10.1. The molecule has 1 heterocycles. The predicted molar refractivity (Wildman–Crippen MR) is 108 cm³/mol. The van der Waals surface area contributed by atoms with E-state index in [4.69, 9.17) is 0 Å². The van der Waals surface area contributed by atoms with Gasteiger partial charge in [0.2, 0.25) is 5.91 Å². The standard InChI is InChI=1S/C22H21F3N2O4/c1-3-8-26-20(29)10-15-12(2)27(18-11-17(23)19(28)9-16(15)18)21(30)13-4-6-14(7-5-13)31-22(24)25/h4-7,9,11,22,28H,3,8,10H2,1-2H3,(H,26,29). The van der Waals surface area contributed by atoms with Crippen molar-refractivity contribution in [2.45, 2.75) is 33.3 Å². The van der Waals surface area contributed by atoms with Gasteiger partial charge < -0.3 is 15.2 Å². The molecule has 1 aromatic heterocycles. The number of ether oxygens (including phenoxy) is 1. The summed E-state index contributed by atoms with van der Waals surface area (Å²) in [5.41, 5.74) is 1.22. The molecule has 6 nitrogen and oxygen atoms in total. The van der Waals surface area contributed by atoms with E-state index in [9.17, 15) is 27.9 Å². The summed E-state index contributed by atoms with van der Waals surface area (Å²) in [4.78, 5) is 25.4. The largest absolute Gasteiger partial charge is 0.505 e. The normalized spacial score (nSPS) is 11.2. The number of carbonyl (C=O) groups excluding carboxylic acids is 2. The lowest BCUT2D eigenvalue weighted by Crippen LogP contribution is -2.26. The summed E-state index contributed by atoms with van der Waals surface area (Å²) in [6, 6.07) is 7.30. The van der Waals surface area contributed by atoms with Gasteiger partial charge in [-0.3, -0.25) is 14.2 Å². The minimum absolute atomic E-state index is 0.0607. The molecule has 0 radical (unpaired) electrons. The highest BCUT2D eigenvalue weighted by molar-refractivity contribution is 6.05. The van der Waals surface area contributed by atoms with Crippen molar-refractivity contribution in [2.24, 2.45) is 0 Å². The second kappa shape index (κ2) is 9.11. The molecule has 0 bridgehead atoms. The van der Waals surface area contributed by atoms with Gasteiger partial charge in [0.1, 0.15) is 5.75 Å². The fourth-order valence-corrected chi connectivity index (χ4v) is 3.37. The Morgan fingerprint density at radius 2 is 1.87 bits per heavy atom. The number of phenolic OH excluding ortho intramolecular Hbond substituents is 1. The van der Waals surface area contributed by atoms with Crippen LogP contribution in [0, 0.1) is 12.7 Å². The molecule has 0 saturated carbocycles. The molecule has 0 spiro atoms. The fourth-order valence-electron chi connectivity index (χ4n) is 3.37. The Kier molecular flexibility index (Phi) is 6.53. The van der Waals surface area contributed by atoms with Crippen LogP contribution in [0.5, 0.6) is 11.5 Å². The quantitative estimate of drug-likeness (QED) is 0.585. The second-order valence-corrected chi connectivity index (χ2v) is 6.95. The van der Waals surface area contributed by atoms with Gasteiger partial charge in [0.15, 0.2) is 11.6 Å². The fraction of sp³-hybridized carbons (Fsp3) is 0.273. The van der Waals surface area contributed by atoms with Gasteiger partial charge in [0, 0.05) is 29.3 Å². The number of phenols is 1. The number of carbonyl (C=O) groups is 2. The van der Waals surface area contributed by atoms with Crippen molar-refractivity contribution < 1.29 is 32.6 Å². The maximum absolute atomic E-state index is 14.1. The van der Waals surface area contributed by atoms with Gasteiger partial charge in [-0.15, -0.1) is 0 Å². The molecule has 3 rings (SSSR count). The summed E-state index contributed by atoms with van der Waals surface area (Å²) in [5, 5.41) is 12.9. The predicted octanol–water partition coefficient (Wildman–Crippen LogP) is 4.15. The number of nitrogens with zero attached hydrogens (tertiary/aromatic N) is 1. The number of halogens is 3. The number of amides is 1. The SMILES string of the molecule is CCCNC(=O)Cc1c(C)n(C(=O)c2ccc(OC(F)F)cc2)c2cc(F)c(O)cc12. The number of benzene rings is 2. The summed E-state index contributed by atoms with van der Waals surface area (Å²) < 4.78 is 44.3. The van der Waals surface area contributed by atoms with E-state index in [1.807, 2.05) is 6.92 Å². The second-order valence-electron chi connectivity index (χ2n) is 6.95. The zero-order valence-corrected chi connectivity index (χ0v) is 16.9. The van der Waals surface area contributed by atoms with Crippen LogP contribution < -0.4 is 10.1 Å². The first kappa shape index (κ1) is 22.2. The highest BCUT2D eigenvalue weighted by Crippen LogP contribution is 2.32. The molecule has 164 valence electrons. The number of nitrogens with one attached hydrogen (secondary N) is 1. The molecule has 2 N–H and O–H groups in total. The maximum Gasteiger partial charge on any atom is 0.387 e. The summed E-state index contributed by atoms with van der Waals surface area (Å²) >= 11 is 0. The van der Waals surface area contributed by atoms with Crippen molar-refractivity contribution in [1.29, 1.82) is 0 Å². The van der Waals surface area contributed by atoms with Crippen molar-refractivity contribution >= 4 is 22.7 Å². The first-order chi connectivity index (χ1) is 14.7. The van der Waals surface area contributed by atoms with Gasteiger partial charge in [-0.1, -0.05) is 6.92 Å². The molecule has 0 aliphatic rings. The van der Waals surface area contributed by atoms with Crippen LogP contribution in [-0.4, -0.2) is 34.6 Å². The van der Waals surface area contributed by atoms with E-state index in [2.05, 4.69) is 10.1 Å². The highest BCUT2D eigenvalue weighted by atomic mass is 19.3. The van der Waals surface area contributed by atoms with Crippen molar-refractivity contribution in [1.82, 2.24) is 9.88 Å². The summed E-state index contributed by atoms with van der Waals surface area (Å²) in [6.45, 7) is 1.02. The molecular formula is C22H21F3N2O4. The van der Waals surface area contributed by atoms with Crippen LogP contribution in [0.15, 0.2) is 36.4 Å². The average molecular weight is 434 g/mol. The van der Waals surface area contributed by atoms with E-state index in [1.165, 1.54) is 34.9 Å². The topological polar surface area (TPSA) is 80.6 Å². The minimum Gasteiger partial charge on any atom is -0.505 e. The van der Waals surface area contributed by atoms with Crippen LogP contribution >= 0.6 is 0 Å². The lowest BCUT2D eigenvalue weighted by molar-refractivity contribution is -0.120. The lowest BCUT2D eigenvalue weighted by Gasteiger charge is -2.09. The van der Waals surface area contributed by atoms with Crippen LogP contribution in [-0.2, 0) is 11.2 Å². The van der Waals surface area contributed by atoms with Crippen molar-refractivity contribution in [3.8, 4) is 11.5 Å². The van der Waals surface area contributed by atoms with Crippen LogP contribution in [0.4, 0.5) is 13.2 Å². The Hall–Kier alpha value is -3.49. The van der Waals surface area contributed by atoms with E-state index in [1.54, 1.807) is 6.92 Å². The third-order valence-corrected chi connectivity index (χ3v) is 4.84. The molecule has 0 saturated heterocycles. The molecule has 0 aliphatic heterocycles. The summed E-state index contributed by atoms with van der Waals surface area (Å²) in [5.74, 6) is -2.43. The van der Waals surface area contributed by atoms with Gasteiger partial charge in [-0.05, 0) is 49.2 Å². The van der Waals surface area contributed by atoms with Gasteiger partial charge in [0.05, 0.1) is 11.9 Å². The van der Waals surface area contributed by atoms with E-state index in [-0.39, 0.29) is 29.2 Å². The highest BCUT2D eigenvalue weighted by Gasteiger charge is 2.23. The number of aromatic nitrogens is 1. The Balaban J connectivity index is 2.06. The Labute approximate surface area is 176 Å². The maximum atomic E-state index is 14.1. The summed E-state index contributed by atoms with van der Waals surface area (Å²) in [7, 11) is 0. The van der Waals surface area contributed by atoms with E-state index >= 15 is 0 Å². The number of alkyl halides is 2. The van der Waals surface area contributed by atoms with Crippen LogP contribution in [0.25, 0.3) is 10.9 Å². The number of hydrogen-bond donors (Lipinski definition) is 2. The number of rotatable bonds is 7. The smallest absolute Gasteiger partial charge is 0.387 e. The van der Waals surface area contributed by atoms with Crippen molar-refractivity contribution in [3.63, 3.8) is 0 Å². The van der Waals surface area contributed by atoms with Crippen LogP contribution in [0.3, 0.4) is 0 Å². The molecule has 0 fully saturated rings. The van der Waals surface area contributed by atoms with Crippen LogP contribution in [0.1, 0.15) is 35.0 Å². The molecule has 0 unspecified atom stereocenters. The summed E-state index contributed by atoms with van der Waals surface area (Å²) in [6.07, 6.45) is 0.692. The third kappa shape index (κ3) is 4.65. The molecule has 31 heavy (non-hydrogen) atoms. The zero-order chi connectivity index (χ0) is 22.7. The Morgan fingerprint density at radius 3 is 2.48 bits per heavy atom.